The summed E-state index contributed by atoms with van der Waals surface area (Å²) in [5.41, 5.74) is 0.848. The standard InChI is InChI=1S/C19H27N3O5S/c1-3-21(4-2)28(24,25)22-11-9-20(10-12-22)19(23)8-6-16-5-7-17-18(15-16)27-14-13-26-17/h5-8,15H,3-4,9-14H2,1-2H3/b8-6+. The summed E-state index contributed by atoms with van der Waals surface area (Å²) >= 11 is 0. The fourth-order valence-corrected chi connectivity index (χ4v) is 4.89. The topological polar surface area (TPSA) is 79.4 Å². The van der Waals surface area contributed by atoms with Crippen LogP contribution in [0.1, 0.15) is 19.4 Å². The van der Waals surface area contributed by atoms with Crippen LogP contribution in [-0.4, -0.2) is 80.3 Å². The number of rotatable bonds is 6. The molecule has 3 rings (SSSR count). The van der Waals surface area contributed by atoms with E-state index in [4.69, 9.17) is 9.47 Å². The van der Waals surface area contributed by atoms with E-state index < -0.39 is 10.2 Å². The summed E-state index contributed by atoms with van der Waals surface area (Å²) in [4.78, 5) is 14.1. The molecule has 0 aromatic heterocycles. The highest BCUT2D eigenvalue weighted by atomic mass is 32.2. The van der Waals surface area contributed by atoms with Crippen molar-refractivity contribution < 1.29 is 22.7 Å². The summed E-state index contributed by atoms with van der Waals surface area (Å²) in [6.07, 6.45) is 3.25. The fraction of sp³-hybridized carbons (Fsp3) is 0.526. The number of carbonyl (C=O) groups is 1. The van der Waals surface area contributed by atoms with Gasteiger partial charge in [0.2, 0.25) is 5.91 Å². The Morgan fingerprint density at radius 2 is 1.71 bits per heavy atom. The van der Waals surface area contributed by atoms with Crippen LogP contribution in [0.2, 0.25) is 0 Å². The molecule has 2 aliphatic heterocycles. The first-order chi connectivity index (χ1) is 13.5. The molecule has 0 atom stereocenters. The number of carbonyl (C=O) groups excluding carboxylic acids is 1. The van der Waals surface area contributed by atoms with Crippen molar-refractivity contribution in [2.75, 3.05) is 52.5 Å². The van der Waals surface area contributed by atoms with E-state index in [1.165, 1.54) is 14.7 Å². The fourth-order valence-electron chi connectivity index (χ4n) is 3.29. The molecular weight excluding hydrogens is 382 g/mol. The monoisotopic (exact) mass is 409 g/mol. The van der Waals surface area contributed by atoms with Gasteiger partial charge in [-0.25, -0.2) is 0 Å². The highest BCUT2D eigenvalue weighted by Gasteiger charge is 2.31. The van der Waals surface area contributed by atoms with E-state index in [1.807, 2.05) is 32.0 Å². The van der Waals surface area contributed by atoms with Crippen LogP contribution in [0, 0.1) is 0 Å². The summed E-state index contributed by atoms with van der Waals surface area (Å²) in [7, 11) is -3.45. The minimum atomic E-state index is -3.45. The molecule has 154 valence electrons. The summed E-state index contributed by atoms with van der Waals surface area (Å²) in [5, 5.41) is 0. The molecule has 0 aliphatic carbocycles. The van der Waals surface area contributed by atoms with Gasteiger partial charge in [0, 0.05) is 45.3 Å². The van der Waals surface area contributed by atoms with Gasteiger partial charge in [-0.3, -0.25) is 4.79 Å². The van der Waals surface area contributed by atoms with E-state index in [2.05, 4.69) is 0 Å². The molecule has 0 saturated carbocycles. The zero-order chi connectivity index (χ0) is 20.1. The second-order valence-electron chi connectivity index (χ2n) is 6.55. The van der Waals surface area contributed by atoms with Crippen LogP contribution in [0.5, 0.6) is 11.5 Å². The molecule has 1 fully saturated rings. The number of amides is 1. The van der Waals surface area contributed by atoms with Crippen LogP contribution in [0.15, 0.2) is 24.3 Å². The zero-order valence-electron chi connectivity index (χ0n) is 16.3. The number of benzene rings is 1. The average molecular weight is 410 g/mol. The number of fused-ring (bicyclic) bond motifs is 1. The number of hydrogen-bond acceptors (Lipinski definition) is 5. The van der Waals surface area contributed by atoms with Crippen molar-refractivity contribution in [2.24, 2.45) is 0 Å². The van der Waals surface area contributed by atoms with E-state index in [9.17, 15) is 13.2 Å². The largest absolute Gasteiger partial charge is 0.486 e. The smallest absolute Gasteiger partial charge is 0.282 e. The third kappa shape index (κ3) is 4.48. The molecule has 0 spiro atoms. The maximum atomic E-state index is 12.6. The summed E-state index contributed by atoms with van der Waals surface area (Å²) in [6, 6.07) is 5.54. The molecule has 2 aliphatic rings. The molecule has 0 unspecified atom stereocenters. The lowest BCUT2D eigenvalue weighted by Crippen LogP contribution is -2.53. The molecule has 0 bridgehead atoms. The van der Waals surface area contributed by atoms with Crippen LogP contribution < -0.4 is 9.47 Å². The summed E-state index contributed by atoms with van der Waals surface area (Å²) < 4.78 is 39.1. The molecule has 0 radical (unpaired) electrons. The Labute approximate surface area is 166 Å². The average Bonchev–Trinajstić information content (AvgIpc) is 2.72. The third-order valence-corrected chi connectivity index (χ3v) is 7.08. The van der Waals surface area contributed by atoms with Gasteiger partial charge in [0.25, 0.3) is 10.2 Å². The van der Waals surface area contributed by atoms with Gasteiger partial charge >= 0.3 is 0 Å². The van der Waals surface area contributed by atoms with Crippen molar-refractivity contribution in [1.82, 2.24) is 13.5 Å². The van der Waals surface area contributed by atoms with Crippen molar-refractivity contribution in [3.63, 3.8) is 0 Å². The van der Waals surface area contributed by atoms with Crippen LogP contribution in [0.3, 0.4) is 0 Å². The second-order valence-corrected chi connectivity index (χ2v) is 8.48. The van der Waals surface area contributed by atoms with Gasteiger partial charge in [0.1, 0.15) is 13.2 Å². The molecular formula is C19H27N3O5S. The minimum absolute atomic E-state index is 0.130. The van der Waals surface area contributed by atoms with Gasteiger partial charge in [0.15, 0.2) is 11.5 Å². The Hall–Kier alpha value is -2.10. The Balaban J connectivity index is 1.57. The number of hydrogen-bond donors (Lipinski definition) is 0. The lowest BCUT2D eigenvalue weighted by Gasteiger charge is -2.35. The number of piperazine rings is 1. The van der Waals surface area contributed by atoms with Gasteiger partial charge in [-0.1, -0.05) is 19.9 Å². The van der Waals surface area contributed by atoms with Crippen molar-refractivity contribution in [1.29, 1.82) is 0 Å². The normalized spacial score (nSPS) is 18.0. The van der Waals surface area contributed by atoms with Gasteiger partial charge in [-0.2, -0.15) is 17.0 Å². The summed E-state index contributed by atoms with van der Waals surface area (Å²) in [6.45, 7) is 6.95. The lowest BCUT2D eigenvalue weighted by molar-refractivity contribution is -0.127. The quantitative estimate of drug-likeness (QED) is 0.660. The van der Waals surface area contributed by atoms with E-state index >= 15 is 0 Å². The van der Waals surface area contributed by atoms with Gasteiger partial charge in [-0.05, 0) is 23.8 Å². The Morgan fingerprint density at radius 3 is 2.36 bits per heavy atom. The van der Waals surface area contributed by atoms with Crippen LogP contribution in [0.25, 0.3) is 6.08 Å². The maximum absolute atomic E-state index is 12.6. The van der Waals surface area contributed by atoms with E-state index in [0.29, 0.717) is 64.0 Å². The van der Waals surface area contributed by atoms with Crippen LogP contribution >= 0.6 is 0 Å². The number of ether oxygens (including phenoxy) is 2. The van der Waals surface area contributed by atoms with E-state index in [0.717, 1.165) is 5.56 Å². The first-order valence-corrected chi connectivity index (χ1v) is 11.0. The lowest BCUT2D eigenvalue weighted by atomic mass is 10.1. The first kappa shape index (κ1) is 20.6. The van der Waals surface area contributed by atoms with Crippen molar-refractivity contribution >= 4 is 22.2 Å². The highest BCUT2D eigenvalue weighted by molar-refractivity contribution is 7.86. The first-order valence-electron chi connectivity index (χ1n) is 9.57. The Morgan fingerprint density at radius 1 is 1.07 bits per heavy atom. The Bertz CT molecular complexity index is 828. The predicted molar refractivity (Wildman–Crippen MR) is 106 cm³/mol. The molecule has 0 N–H and O–H groups in total. The van der Waals surface area contributed by atoms with Crippen LogP contribution in [0.4, 0.5) is 0 Å². The third-order valence-electron chi connectivity index (χ3n) is 4.89. The predicted octanol–water partition coefficient (Wildman–Crippen LogP) is 1.20. The number of nitrogens with zero attached hydrogens (tertiary/aromatic N) is 3. The molecule has 1 amide bonds. The molecule has 2 heterocycles. The second kappa shape index (κ2) is 8.93. The SMILES string of the molecule is CCN(CC)S(=O)(=O)N1CCN(C(=O)/C=C/c2ccc3c(c2)OCCO3)CC1. The van der Waals surface area contributed by atoms with Gasteiger partial charge in [-0.15, -0.1) is 0 Å². The zero-order valence-corrected chi connectivity index (χ0v) is 17.2. The van der Waals surface area contributed by atoms with Gasteiger partial charge in [0.05, 0.1) is 0 Å². The summed E-state index contributed by atoms with van der Waals surface area (Å²) in [5.74, 6) is 1.26. The molecule has 1 aromatic carbocycles. The highest BCUT2D eigenvalue weighted by Crippen LogP contribution is 2.31. The van der Waals surface area contributed by atoms with E-state index in [-0.39, 0.29) is 5.91 Å². The van der Waals surface area contributed by atoms with Crippen molar-refractivity contribution in [3.8, 4) is 11.5 Å². The minimum Gasteiger partial charge on any atom is -0.486 e. The van der Waals surface area contributed by atoms with Crippen molar-refractivity contribution in [3.05, 3.63) is 29.8 Å². The molecule has 28 heavy (non-hydrogen) atoms. The molecule has 9 heteroatoms. The van der Waals surface area contributed by atoms with E-state index in [1.54, 1.807) is 11.0 Å². The molecule has 1 aromatic rings. The molecule has 8 nitrogen and oxygen atoms in total. The molecule has 1 saturated heterocycles. The Kier molecular flexibility index (Phi) is 6.58. The van der Waals surface area contributed by atoms with Gasteiger partial charge < -0.3 is 14.4 Å². The van der Waals surface area contributed by atoms with Crippen LogP contribution in [-0.2, 0) is 15.0 Å². The maximum Gasteiger partial charge on any atom is 0.282 e. The van der Waals surface area contributed by atoms with Crippen molar-refractivity contribution in [2.45, 2.75) is 13.8 Å².